The van der Waals surface area contributed by atoms with Gasteiger partial charge in [-0.3, -0.25) is 9.36 Å². The maximum absolute atomic E-state index is 12.4. The van der Waals surface area contributed by atoms with Gasteiger partial charge in [-0.05, 0) is 41.3 Å². The van der Waals surface area contributed by atoms with Crippen LogP contribution in [0, 0.1) is 6.92 Å². The van der Waals surface area contributed by atoms with E-state index >= 15 is 0 Å². The van der Waals surface area contributed by atoms with Crippen LogP contribution in [0.4, 0.5) is 0 Å². The Morgan fingerprint density at radius 2 is 2.11 bits per heavy atom. The van der Waals surface area contributed by atoms with Crippen LogP contribution in [0.3, 0.4) is 0 Å². The van der Waals surface area contributed by atoms with Crippen LogP contribution in [0.5, 0.6) is 0 Å². The number of hydrogen-bond donors (Lipinski definition) is 0. The summed E-state index contributed by atoms with van der Waals surface area (Å²) in [5.74, 6) is 0. The van der Waals surface area contributed by atoms with Gasteiger partial charge in [0.15, 0.2) is 0 Å². The number of hydrogen-bond acceptors (Lipinski definition) is 3. The first-order valence-electron chi connectivity index (χ1n) is 6.20. The van der Waals surface area contributed by atoms with Gasteiger partial charge < -0.3 is 0 Å². The summed E-state index contributed by atoms with van der Waals surface area (Å²) in [5.41, 5.74) is 1.72. The Kier molecular flexibility index (Phi) is 2.93. The lowest BCUT2D eigenvalue weighted by molar-refractivity contribution is 0.514. The molecule has 1 aliphatic rings. The SMILES string of the molecule is Cc1c(Br)c(=O)n(C2CCCC2)c2ncncc12. The molecule has 1 saturated carbocycles. The molecule has 0 unspecified atom stereocenters. The van der Waals surface area contributed by atoms with E-state index in [0.717, 1.165) is 29.4 Å². The first kappa shape index (κ1) is 11.8. The first-order chi connectivity index (χ1) is 8.70. The zero-order valence-electron chi connectivity index (χ0n) is 10.2. The van der Waals surface area contributed by atoms with Gasteiger partial charge in [-0.1, -0.05) is 12.8 Å². The molecule has 3 rings (SSSR count). The number of pyridine rings is 1. The molecule has 94 valence electrons. The Bertz CT molecular complexity index is 659. The second kappa shape index (κ2) is 4.46. The number of halogens is 1. The van der Waals surface area contributed by atoms with Gasteiger partial charge in [0.1, 0.15) is 12.0 Å². The van der Waals surface area contributed by atoms with E-state index in [0.29, 0.717) is 4.47 Å². The molecule has 1 fully saturated rings. The highest BCUT2D eigenvalue weighted by molar-refractivity contribution is 9.10. The largest absolute Gasteiger partial charge is 0.289 e. The van der Waals surface area contributed by atoms with Crippen molar-refractivity contribution >= 4 is 27.0 Å². The fourth-order valence-corrected chi connectivity index (χ4v) is 3.17. The minimum atomic E-state index is 0.0330. The van der Waals surface area contributed by atoms with Crippen molar-refractivity contribution in [2.75, 3.05) is 0 Å². The Hall–Kier alpha value is -1.23. The van der Waals surface area contributed by atoms with Crippen molar-refractivity contribution < 1.29 is 0 Å². The van der Waals surface area contributed by atoms with Gasteiger partial charge >= 0.3 is 0 Å². The standard InChI is InChI=1S/C13H14BrN3O/c1-8-10-6-15-7-16-12(10)17(13(18)11(8)14)9-4-2-3-5-9/h6-7,9H,2-5H2,1H3. The van der Waals surface area contributed by atoms with Gasteiger partial charge in [0.05, 0.1) is 4.47 Å². The third-order valence-electron chi connectivity index (χ3n) is 3.75. The quantitative estimate of drug-likeness (QED) is 0.814. The average molecular weight is 308 g/mol. The Labute approximate surface area is 113 Å². The molecule has 4 nitrogen and oxygen atoms in total. The van der Waals surface area contributed by atoms with Crippen molar-refractivity contribution in [2.24, 2.45) is 0 Å². The molecule has 5 heteroatoms. The van der Waals surface area contributed by atoms with E-state index in [-0.39, 0.29) is 11.6 Å². The maximum Gasteiger partial charge on any atom is 0.267 e. The van der Waals surface area contributed by atoms with Crippen LogP contribution >= 0.6 is 15.9 Å². The van der Waals surface area contributed by atoms with Crippen LogP contribution in [0.2, 0.25) is 0 Å². The van der Waals surface area contributed by atoms with E-state index in [1.165, 1.54) is 19.2 Å². The van der Waals surface area contributed by atoms with Gasteiger partial charge in [0, 0.05) is 17.6 Å². The fraction of sp³-hybridized carbons (Fsp3) is 0.462. The summed E-state index contributed by atoms with van der Waals surface area (Å²) in [6, 6.07) is 0.284. The molecule has 0 spiro atoms. The molecular weight excluding hydrogens is 294 g/mol. The third kappa shape index (κ3) is 1.68. The van der Waals surface area contributed by atoms with E-state index in [4.69, 9.17) is 0 Å². The van der Waals surface area contributed by atoms with E-state index < -0.39 is 0 Å². The van der Waals surface area contributed by atoms with Crippen molar-refractivity contribution in [2.45, 2.75) is 38.6 Å². The van der Waals surface area contributed by atoms with E-state index in [1.54, 1.807) is 6.20 Å². The Balaban J connectivity index is 2.38. The number of aryl methyl sites for hydroxylation is 1. The Morgan fingerprint density at radius 1 is 1.39 bits per heavy atom. The summed E-state index contributed by atoms with van der Waals surface area (Å²) >= 11 is 3.41. The van der Waals surface area contributed by atoms with Gasteiger partial charge in [0.25, 0.3) is 5.56 Å². The Morgan fingerprint density at radius 3 is 2.83 bits per heavy atom. The molecule has 0 aromatic carbocycles. The topological polar surface area (TPSA) is 47.8 Å². The summed E-state index contributed by atoms with van der Waals surface area (Å²) in [5, 5.41) is 0.955. The smallest absolute Gasteiger partial charge is 0.267 e. The lowest BCUT2D eigenvalue weighted by atomic mass is 10.1. The third-order valence-corrected chi connectivity index (χ3v) is 4.68. The van der Waals surface area contributed by atoms with Gasteiger partial charge in [0.2, 0.25) is 0 Å². The minimum absolute atomic E-state index is 0.0330. The number of rotatable bonds is 1. The molecule has 1 aliphatic carbocycles. The highest BCUT2D eigenvalue weighted by Crippen LogP contribution is 2.31. The van der Waals surface area contributed by atoms with Crippen LogP contribution in [-0.4, -0.2) is 14.5 Å². The lowest BCUT2D eigenvalue weighted by Crippen LogP contribution is -2.26. The maximum atomic E-state index is 12.4. The summed E-state index contributed by atoms with van der Waals surface area (Å²) in [4.78, 5) is 20.8. The lowest BCUT2D eigenvalue weighted by Gasteiger charge is -2.17. The molecule has 0 aliphatic heterocycles. The van der Waals surface area contributed by atoms with E-state index in [2.05, 4.69) is 25.9 Å². The molecule has 0 N–H and O–H groups in total. The molecule has 0 atom stereocenters. The molecule has 0 saturated heterocycles. The van der Waals surface area contributed by atoms with Gasteiger partial charge in [-0.15, -0.1) is 0 Å². The molecule has 2 aromatic heterocycles. The van der Waals surface area contributed by atoms with Crippen LogP contribution < -0.4 is 5.56 Å². The molecular formula is C13H14BrN3O. The minimum Gasteiger partial charge on any atom is -0.289 e. The second-order valence-electron chi connectivity index (χ2n) is 4.81. The summed E-state index contributed by atoms with van der Waals surface area (Å²) in [6.45, 7) is 1.93. The van der Waals surface area contributed by atoms with E-state index in [9.17, 15) is 4.79 Å². The van der Waals surface area contributed by atoms with E-state index in [1.807, 2.05) is 11.5 Å². The first-order valence-corrected chi connectivity index (χ1v) is 6.99. The number of nitrogens with zero attached hydrogens (tertiary/aromatic N) is 3. The van der Waals surface area contributed by atoms with Crippen LogP contribution in [0.25, 0.3) is 11.0 Å². The van der Waals surface area contributed by atoms with Gasteiger partial charge in [-0.2, -0.15) is 0 Å². The fourth-order valence-electron chi connectivity index (χ4n) is 2.76. The molecule has 18 heavy (non-hydrogen) atoms. The molecule has 0 amide bonds. The van der Waals surface area contributed by atoms with Crippen LogP contribution in [0.15, 0.2) is 21.8 Å². The van der Waals surface area contributed by atoms with Crippen molar-refractivity contribution in [3.05, 3.63) is 32.9 Å². The normalized spacial score (nSPS) is 16.6. The van der Waals surface area contributed by atoms with Crippen molar-refractivity contribution in [3.8, 4) is 0 Å². The van der Waals surface area contributed by atoms with Gasteiger partial charge in [-0.25, -0.2) is 9.97 Å². The summed E-state index contributed by atoms with van der Waals surface area (Å²) in [6.07, 6.45) is 7.81. The molecule has 2 aromatic rings. The zero-order valence-corrected chi connectivity index (χ0v) is 11.8. The van der Waals surface area contributed by atoms with Crippen LogP contribution in [-0.2, 0) is 0 Å². The second-order valence-corrected chi connectivity index (χ2v) is 5.61. The summed E-state index contributed by atoms with van der Waals surface area (Å²) < 4.78 is 2.48. The van der Waals surface area contributed by atoms with Crippen molar-refractivity contribution in [1.29, 1.82) is 0 Å². The number of fused-ring (bicyclic) bond motifs is 1. The predicted octanol–water partition coefficient (Wildman–Crippen LogP) is 2.98. The molecule has 0 bridgehead atoms. The molecule has 2 heterocycles. The van der Waals surface area contributed by atoms with Crippen molar-refractivity contribution in [3.63, 3.8) is 0 Å². The van der Waals surface area contributed by atoms with Crippen LogP contribution in [0.1, 0.15) is 37.3 Å². The number of aromatic nitrogens is 3. The predicted molar refractivity (Wildman–Crippen MR) is 73.7 cm³/mol. The van der Waals surface area contributed by atoms with Crippen molar-refractivity contribution in [1.82, 2.24) is 14.5 Å². The highest BCUT2D eigenvalue weighted by atomic mass is 79.9. The average Bonchev–Trinajstić information content (AvgIpc) is 2.90. The molecule has 0 radical (unpaired) electrons. The zero-order chi connectivity index (χ0) is 12.7. The monoisotopic (exact) mass is 307 g/mol. The summed E-state index contributed by atoms with van der Waals surface area (Å²) in [7, 11) is 0. The highest BCUT2D eigenvalue weighted by Gasteiger charge is 2.22.